The number of nitro benzene ring substituents is 1. The summed E-state index contributed by atoms with van der Waals surface area (Å²) in [5.74, 6) is -1.44. The molecule has 0 aliphatic heterocycles. The summed E-state index contributed by atoms with van der Waals surface area (Å²) >= 11 is 1.53. The molecule has 0 aromatic heterocycles. The normalized spacial score (nSPS) is 10.1. The molecule has 9 heteroatoms. The maximum Gasteiger partial charge on any atom is 0.341 e. The summed E-state index contributed by atoms with van der Waals surface area (Å²) in [5, 5.41) is 13.4. The molecule has 0 saturated carbocycles. The van der Waals surface area contributed by atoms with E-state index in [9.17, 15) is 19.7 Å². The molecule has 2 aromatic rings. The van der Waals surface area contributed by atoms with Gasteiger partial charge in [-0.05, 0) is 30.5 Å². The molecule has 3 N–H and O–H groups in total. The third-order valence-electron chi connectivity index (χ3n) is 3.16. The van der Waals surface area contributed by atoms with Gasteiger partial charge in [0.25, 0.3) is 11.6 Å². The van der Waals surface area contributed by atoms with Crippen molar-refractivity contribution in [1.82, 2.24) is 0 Å². The molecule has 2 rings (SSSR count). The summed E-state index contributed by atoms with van der Waals surface area (Å²) < 4.78 is 4.88. The lowest BCUT2D eigenvalue weighted by Crippen LogP contribution is -2.21. The number of carbonyl (C=O) groups is 2. The van der Waals surface area contributed by atoms with Crippen LogP contribution in [-0.2, 0) is 9.53 Å². The molecule has 25 heavy (non-hydrogen) atoms. The SMILES string of the molecule is CSc1cccc(NC(=O)COC(=O)c2cc([N+](=O)[O-])ccc2N)c1. The van der Waals surface area contributed by atoms with Crippen molar-refractivity contribution < 1.29 is 19.2 Å². The zero-order valence-electron chi connectivity index (χ0n) is 13.2. The van der Waals surface area contributed by atoms with E-state index in [1.54, 1.807) is 18.2 Å². The van der Waals surface area contributed by atoms with E-state index in [0.29, 0.717) is 5.69 Å². The Morgan fingerprint density at radius 2 is 2.04 bits per heavy atom. The van der Waals surface area contributed by atoms with Gasteiger partial charge in [-0.2, -0.15) is 0 Å². The number of non-ortho nitro benzene ring substituents is 1. The number of nitro groups is 1. The van der Waals surface area contributed by atoms with E-state index < -0.39 is 23.4 Å². The molecule has 0 aliphatic rings. The largest absolute Gasteiger partial charge is 0.452 e. The van der Waals surface area contributed by atoms with Crippen LogP contribution < -0.4 is 11.1 Å². The first-order chi connectivity index (χ1) is 11.9. The smallest absolute Gasteiger partial charge is 0.341 e. The number of esters is 1. The molecule has 8 nitrogen and oxygen atoms in total. The summed E-state index contributed by atoms with van der Waals surface area (Å²) in [6, 6.07) is 10.6. The van der Waals surface area contributed by atoms with E-state index in [1.165, 1.54) is 23.9 Å². The maximum atomic E-state index is 12.0. The maximum absolute atomic E-state index is 12.0. The first kappa shape index (κ1) is 18.3. The highest BCUT2D eigenvalue weighted by molar-refractivity contribution is 7.98. The third-order valence-corrected chi connectivity index (χ3v) is 3.88. The van der Waals surface area contributed by atoms with Crippen molar-refractivity contribution in [3.8, 4) is 0 Å². The highest BCUT2D eigenvalue weighted by Gasteiger charge is 2.17. The number of ether oxygens (including phenoxy) is 1. The monoisotopic (exact) mass is 361 g/mol. The number of rotatable bonds is 6. The average molecular weight is 361 g/mol. The van der Waals surface area contributed by atoms with Crippen LogP contribution in [0.1, 0.15) is 10.4 Å². The molecule has 0 radical (unpaired) electrons. The van der Waals surface area contributed by atoms with Crippen molar-refractivity contribution in [1.29, 1.82) is 0 Å². The number of nitrogens with one attached hydrogen (secondary N) is 1. The molecule has 0 bridgehead atoms. The Morgan fingerprint density at radius 3 is 2.72 bits per heavy atom. The van der Waals surface area contributed by atoms with E-state index in [0.717, 1.165) is 11.0 Å². The van der Waals surface area contributed by atoms with Gasteiger partial charge in [0, 0.05) is 28.4 Å². The fraction of sp³-hybridized carbons (Fsp3) is 0.125. The molecule has 0 atom stereocenters. The summed E-state index contributed by atoms with van der Waals surface area (Å²) in [6.07, 6.45) is 1.91. The van der Waals surface area contributed by atoms with Crippen LogP contribution in [0.2, 0.25) is 0 Å². The molecule has 0 heterocycles. The number of hydrogen-bond donors (Lipinski definition) is 2. The van der Waals surface area contributed by atoms with Crippen LogP contribution in [0.15, 0.2) is 47.4 Å². The molecule has 0 fully saturated rings. The fourth-order valence-electron chi connectivity index (χ4n) is 1.94. The van der Waals surface area contributed by atoms with E-state index in [-0.39, 0.29) is 16.9 Å². The van der Waals surface area contributed by atoms with Gasteiger partial charge in [0.1, 0.15) is 0 Å². The van der Waals surface area contributed by atoms with Crippen molar-refractivity contribution in [3.63, 3.8) is 0 Å². The molecular formula is C16H15N3O5S. The Hall–Kier alpha value is -3.07. The van der Waals surface area contributed by atoms with Crippen molar-refractivity contribution >= 4 is 40.7 Å². The first-order valence-corrected chi connectivity index (χ1v) is 8.28. The fourth-order valence-corrected chi connectivity index (χ4v) is 2.40. The minimum Gasteiger partial charge on any atom is -0.452 e. The van der Waals surface area contributed by atoms with Crippen LogP contribution in [0, 0.1) is 10.1 Å². The quantitative estimate of drug-likeness (QED) is 0.266. The highest BCUT2D eigenvalue weighted by Crippen LogP contribution is 2.21. The zero-order chi connectivity index (χ0) is 18.4. The summed E-state index contributed by atoms with van der Waals surface area (Å²) in [7, 11) is 0. The highest BCUT2D eigenvalue weighted by atomic mass is 32.2. The molecule has 0 saturated heterocycles. The summed E-state index contributed by atoms with van der Waals surface area (Å²) in [6.45, 7) is -0.537. The van der Waals surface area contributed by atoms with Crippen LogP contribution >= 0.6 is 11.8 Å². The molecule has 0 aliphatic carbocycles. The number of carbonyl (C=O) groups excluding carboxylic acids is 2. The van der Waals surface area contributed by atoms with Crippen molar-refractivity contribution in [2.75, 3.05) is 23.9 Å². The van der Waals surface area contributed by atoms with Crippen LogP contribution in [0.4, 0.5) is 17.1 Å². The zero-order valence-corrected chi connectivity index (χ0v) is 14.0. The second-order valence-electron chi connectivity index (χ2n) is 4.88. The second-order valence-corrected chi connectivity index (χ2v) is 5.76. The average Bonchev–Trinajstić information content (AvgIpc) is 2.60. The minimum atomic E-state index is -0.908. The number of nitrogens with zero attached hydrogens (tertiary/aromatic N) is 1. The molecular weight excluding hydrogens is 346 g/mol. The van der Waals surface area contributed by atoms with Gasteiger partial charge in [0.15, 0.2) is 6.61 Å². The van der Waals surface area contributed by atoms with Gasteiger partial charge in [0.2, 0.25) is 0 Å². The van der Waals surface area contributed by atoms with Gasteiger partial charge in [-0.15, -0.1) is 11.8 Å². The van der Waals surface area contributed by atoms with Crippen LogP contribution in [0.25, 0.3) is 0 Å². The number of nitrogen functional groups attached to an aromatic ring is 1. The van der Waals surface area contributed by atoms with Gasteiger partial charge in [0.05, 0.1) is 10.5 Å². The number of nitrogens with two attached hydrogens (primary N) is 1. The number of anilines is 2. The Labute approximate surface area is 147 Å². The van der Waals surface area contributed by atoms with Crippen LogP contribution in [0.3, 0.4) is 0 Å². The minimum absolute atomic E-state index is 0.0312. The Kier molecular flexibility index (Phi) is 5.96. The number of benzene rings is 2. The van der Waals surface area contributed by atoms with Crippen molar-refractivity contribution in [3.05, 3.63) is 58.1 Å². The molecule has 0 unspecified atom stereocenters. The second kappa shape index (κ2) is 8.15. The summed E-state index contributed by atoms with van der Waals surface area (Å²) in [4.78, 5) is 34.9. The third kappa shape index (κ3) is 4.95. The van der Waals surface area contributed by atoms with Crippen LogP contribution in [-0.4, -0.2) is 29.7 Å². The molecule has 130 valence electrons. The van der Waals surface area contributed by atoms with E-state index >= 15 is 0 Å². The lowest BCUT2D eigenvalue weighted by Gasteiger charge is -2.08. The van der Waals surface area contributed by atoms with Gasteiger partial charge in [-0.1, -0.05) is 6.07 Å². The van der Waals surface area contributed by atoms with Gasteiger partial charge in [-0.3, -0.25) is 14.9 Å². The van der Waals surface area contributed by atoms with Crippen molar-refractivity contribution in [2.24, 2.45) is 0 Å². The molecule has 1 amide bonds. The van der Waals surface area contributed by atoms with E-state index in [4.69, 9.17) is 10.5 Å². The standard InChI is InChI=1S/C16H15N3O5S/c1-25-12-4-2-3-10(7-12)18-15(20)9-24-16(21)13-8-11(19(22)23)5-6-14(13)17/h2-8H,9,17H2,1H3,(H,18,20). The summed E-state index contributed by atoms with van der Waals surface area (Å²) in [5.41, 5.74) is 5.78. The van der Waals surface area contributed by atoms with E-state index in [1.807, 2.05) is 12.3 Å². The first-order valence-electron chi connectivity index (χ1n) is 7.05. The van der Waals surface area contributed by atoms with Gasteiger partial charge in [-0.25, -0.2) is 4.79 Å². The lowest BCUT2D eigenvalue weighted by atomic mass is 10.1. The molecule has 2 aromatic carbocycles. The number of hydrogen-bond acceptors (Lipinski definition) is 7. The Morgan fingerprint density at radius 1 is 1.28 bits per heavy atom. The van der Waals surface area contributed by atoms with Gasteiger partial charge >= 0.3 is 5.97 Å². The molecule has 0 spiro atoms. The number of amides is 1. The van der Waals surface area contributed by atoms with Gasteiger partial charge < -0.3 is 15.8 Å². The predicted octanol–water partition coefficient (Wildman–Crippen LogP) is 2.69. The van der Waals surface area contributed by atoms with E-state index in [2.05, 4.69) is 5.32 Å². The number of thioether (sulfide) groups is 1. The Balaban J connectivity index is 1.98. The van der Waals surface area contributed by atoms with Crippen molar-refractivity contribution in [2.45, 2.75) is 4.90 Å². The lowest BCUT2D eigenvalue weighted by molar-refractivity contribution is -0.384. The van der Waals surface area contributed by atoms with Crippen LogP contribution in [0.5, 0.6) is 0 Å². The Bertz CT molecular complexity index is 825. The predicted molar refractivity (Wildman–Crippen MR) is 94.6 cm³/mol. The topological polar surface area (TPSA) is 125 Å².